The predicted octanol–water partition coefficient (Wildman–Crippen LogP) is 11.4. The lowest BCUT2D eigenvalue weighted by Gasteiger charge is -2.52. The number of Topliss-reactive ketones (excluding diaryl/α,β-unsaturated/α-hetero) is 1. The van der Waals surface area contributed by atoms with Gasteiger partial charge in [-0.1, -0.05) is 105 Å². The van der Waals surface area contributed by atoms with E-state index in [4.69, 9.17) is 9.47 Å². The number of aromatic hydroxyl groups is 3. The van der Waals surface area contributed by atoms with Gasteiger partial charge in [-0.05, 0) is 156 Å². The maximum absolute atomic E-state index is 17.1. The highest BCUT2D eigenvalue weighted by atomic mass is 33.1. The Hall–Kier alpha value is -4.41. The standard InChI is InChI=1S/C59H68N2O8S4/c1-4-36-12-13-37-9-7-10-41-31-71-72-32-43-25-53(65)59(44-21-35(28-60-2)22-45(62)26-44,48-33-73-70-30-40-8-5-6-11-51(40)69-52-24-39(48)15-16-49(52)63)58(67)55(43)56(66)42(20-34-18-19-61-29-34)23-38-14-17-50(64)57(68-3)47(38)27-46(36)54(37)41/h7,9-10,12-19,21-22,24,26,29,40,42-43,48,51,53,55-56,60-66H,4-6,8,11,20,23,25,27-28,30-33H2,1-3H3. The van der Waals surface area contributed by atoms with Crippen molar-refractivity contribution in [1.82, 2.24) is 10.3 Å². The monoisotopic (exact) mass is 1060 g/mol. The zero-order chi connectivity index (χ0) is 50.8. The van der Waals surface area contributed by atoms with E-state index in [1.807, 2.05) is 49.8 Å². The van der Waals surface area contributed by atoms with E-state index in [1.165, 1.54) is 22.1 Å². The number of methoxy groups -OCH3 is 1. The van der Waals surface area contributed by atoms with Crippen LogP contribution in [0.1, 0.15) is 95.0 Å². The minimum absolute atomic E-state index is 0.0160. The summed E-state index contributed by atoms with van der Waals surface area (Å²) in [4.78, 5) is 20.3. The van der Waals surface area contributed by atoms with Crippen LogP contribution in [0.4, 0.5) is 0 Å². The third-order valence-corrected chi connectivity index (χ3v) is 21.4. The largest absolute Gasteiger partial charge is 0.508 e. The number of aliphatic hydroxyl groups is 2. The molecule has 2 fully saturated rings. The minimum atomic E-state index is -1.66. The van der Waals surface area contributed by atoms with Gasteiger partial charge in [-0.15, -0.1) is 0 Å². The Kier molecular flexibility index (Phi) is 16.3. The van der Waals surface area contributed by atoms with E-state index in [0.29, 0.717) is 66.0 Å². The summed E-state index contributed by atoms with van der Waals surface area (Å²) in [6.07, 6.45) is 7.75. The lowest BCUT2D eigenvalue weighted by Crippen LogP contribution is -2.62. The van der Waals surface area contributed by atoms with Crippen LogP contribution in [0.25, 0.3) is 10.8 Å². The van der Waals surface area contributed by atoms with Gasteiger partial charge in [0, 0.05) is 71.7 Å². The molecule has 5 aromatic carbocycles. The number of benzene rings is 5. The predicted molar refractivity (Wildman–Crippen MR) is 300 cm³/mol. The van der Waals surface area contributed by atoms with E-state index in [9.17, 15) is 25.5 Å². The summed E-state index contributed by atoms with van der Waals surface area (Å²) in [5.41, 5.74) is 6.66. The Morgan fingerprint density at radius 3 is 2.45 bits per heavy atom. The maximum Gasteiger partial charge on any atom is 0.164 e. The number of fused-ring (bicyclic) bond motifs is 5. The van der Waals surface area contributed by atoms with Crippen molar-refractivity contribution in [2.45, 2.75) is 107 Å². The van der Waals surface area contributed by atoms with Crippen molar-refractivity contribution in [2.24, 2.45) is 23.7 Å². The fraction of sp³-hybridized carbons (Fsp3) is 0.441. The average Bonchev–Trinajstić information content (AvgIpc) is 3.89. The van der Waals surface area contributed by atoms with Crippen molar-refractivity contribution < 1.29 is 39.8 Å². The fourth-order valence-corrected chi connectivity index (χ4v) is 18.3. The molecule has 6 aromatic rings. The van der Waals surface area contributed by atoms with E-state index in [1.54, 1.807) is 74.6 Å². The Balaban J connectivity index is 1.16. The smallest absolute Gasteiger partial charge is 0.164 e. The second kappa shape index (κ2) is 22.8. The summed E-state index contributed by atoms with van der Waals surface area (Å²) in [6.45, 7) is 2.59. The number of phenols is 3. The summed E-state index contributed by atoms with van der Waals surface area (Å²) in [5, 5.41) is 67.2. The number of rotatable bonds is 8. The molecule has 0 spiro atoms. The first-order valence-corrected chi connectivity index (χ1v) is 30.9. The van der Waals surface area contributed by atoms with Crippen molar-refractivity contribution >= 4 is 59.7 Å². The van der Waals surface area contributed by atoms with Crippen molar-refractivity contribution in [2.75, 3.05) is 31.4 Å². The van der Waals surface area contributed by atoms with Crippen LogP contribution < -0.4 is 14.8 Å². The summed E-state index contributed by atoms with van der Waals surface area (Å²) < 4.78 is 12.8. The number of phenolic OH excluding ortho intramolecular Hbond substituents is 3. The topological polar surface area (TPSA) is 164 Å². The Morgan fingerprint density at radius 1 is 0.836 bits per heavy atom. The molecular weight excluding hydrogens is 993 g/mol. The molecule has 14 heteroatoms. The average molecular weight is 1060 g/mol. The summed E-state index contributed by atoms with van der Waals surface area (Å²) in [6, 6.07) is 27.2. The summed E-state index contributed by atoms with van der Waals surface area (Å²) >= 11 is 0. The highest BCUT2D eigenvalue weighted by molar-refractivity contribution is 8.76. The zero-order valence-electron chi connectivity index (χ0n) is 41.8. The lowest BCUT2D eigenvalue weighted by atomic mass is 9.52. The molecule has 0 radical (unpaired) electrons. The van der Waals surface area contributed by atoms with Crippen LogP contribution in [0.3, 0.4) is 0 Å². The van der Waals surface area contributed by atoms with Crippen molar-refractivity contribution in [1.29, 1.82) is 0 Å². The number of aliphatic hydroxyl groups excluding tert-OH is 2. The van der Waals surface area contributed by atoms with E-state index in [0.717, 1.165) is 71.1 Å². The van der Waals surface area contributed by atoms with Crippen LogP contribution in [0.5, 0.6) is 28.7 Å². The van der Waals surface area contributed by atoms with Crippen LogP contribution in [-0.2, 0) is 48.2 Å². The SMILES string of the molecule is CCc1ccc2cccc3c2c1Cc1c(ccc(O)c1OC)CC(Cc1cc[nH]c1)C(O)C1C(=O)C(c2cc(O)cc(CNC)c2)(C2CSSCC4CCCCC4Oc4cc2ccc4O)C(O)CC1CSSC3. The molecule has 3 heterocycles. The Labute approximate surface area is 445 Å². The highest BCUT2D eigenvalue weighted by Gasteiger charge is 2.61. The number of ether oxygens (including phenoxy) is 2. The number of hydrogen-bond donors (Lipinski definition) is 7. The molecule has 2 bridgehead atoms. The molecule has 7 N–H and O–H groups in total. The highest BCUT2D eigenvalue weighted by Crippen LogP contribution is 2.56. The first-order valence-electron chi connectivity index (χ1n) is 25.9. The van der Waals surface area contributed by atoms with Crippen LogP contribution in [0.2, 0.25) is 0 Å². The van der Waals surface area contributed by atoms with Crippen LogP contribution >= 0.6 is 43.2 Å². The van der Waals surface area contributed by atoms with E-state index < -0.39 is 41.3 Å². The van der Waals surface area contributed by atoms with Crippen LogP contribution in [0.15, 0.2) is 97.3 Å². The van der Waals surface area contributed by atoms with E-state index in [-0.39, 0.29) is 35.6 Å². The first-order chi connectivity index (χ1) is 35.5. The molecule has 386 valence electrons. The Bertz CT molecular complexity index is 2920. The summed E-state index contributed by atoms with van der Waals surface area (Å²) in [5.74, 6) is 0.713. The lowest BCUT2D eigenvalue weighted by molar-refractivity contribution is -0.150. The number of H-pyrrole nitrogens is 1. The normalized spacial score (nSPS) is 27.0. The number of ketones is 1. The molecule has 0 amide bonds. The number of aromatic amines is 1. The molecule has 10 nitrogen and oxygen atoms in total. The first kappa shape index (κ1) is 52.0. The molecule has 2 aliphatic heterocycles. The van der Waals surface area contributed by atoms with Crippen LogP contribution in [-0.4, -0.2) is 86.0 Å². The number of carbonyl (C=O) groups excluding carboxylic acids is 1. The van der Waals surface area contributed by atoms with Gasteiger partial charge in [0.1, 0.15) is 11.9 Å². The van der Waals surface area contributed by atoms with Gasteiger partial charge < -0.3 is 45.3 Å². The maximum atomic E-state index is 17.1. The molecule has 9 unspecified atom stereocenters. The molecule has 2 aliphatic carbocycles. The van der Waals surface area contributed by atoms with E-state index in [2.05, 4.69) is 47.6 Å². The number of aryl methyl sites for hydroxylation is 1. The number of carbonyl (C=O) groups is 1. The van der Waals surface area contributed by atoms with E-state index >= 15 is 4.79 Å². The summed E-state index contributed by atoms with van der Waals surface area (Å²) in [7, 11) is 10.3. The quantitative estimate of drug-likeness (QED) is 0.0721. The molecular formula is C59H68N2O8S4. The third-order valence-electron chi connectivity index (χ3n) is 16.4. The number of hydrogen-bond acceptors (Lipinski definition) is 13. The molecule has 10 rings (SSSR count). The van der Waals surface area contributed by atoms with Crippen molar-refractivity contribution in [3.05, 3.63) is 147 Å². The van der Waals surface area contributed by atoms with Gasteiger partial charge in [-0.2, -0.15) is 0 Å². The van der Waals surface area contributed by atoms with Gasteiger partial charge >= 0.3 is 0 Å². The minimum Gasteiger partial charge on any atom is -0.508 e. The van der Waals surface area contributed by atoms with Gasteiger partial charge in [-0.3, -0.25) is 4.79 Å². The molecule has 1 aromatic heterocycles. The molecule has 0 saturated heterocycles. The van der Waals surface area contributed by atoms with Crippen molar-refractivity contribution in [3.63, 3.8) is 0 Å². The third kappa shape index (κ3) is 10.4. The molecule has 2 saturated carbocycles. The molecule has 4 aliphatic rings. The molecule has 73 heavy (non-hydrogen) atoms. The second-order valence-electron chi connectivity index (χ2n) is 20.7. The zero-order valence-corrected chi connectivity index (χ0v) is 45.1. The fourth-order valence-electron chi connectivity index (χ4n) is 12.9. The van der Waals surface area contributed by atoms with Gasteiger partial charge in [0.2, 0.25) is 0 Å². The number of nitrogens with one attached hydrogen (secondary N) is 2. The van der Waals surface area contributed by atoms with Gasteiger partial charge in [-0.25, -0.2) is 0 Å². The Morgan fingerprint density at radius 2 is 1.64 bits per heavy atom. The van der Waals surface area contributed by atoms with Gasteiger partial charge in [0.15, 0.2) is 28.8 Å². The molecule has 9 atom stereocenters. The van der Waals surface area contributed by atoms with Gasteiger partial charge in [0.05, 0.1) is 24.7 Å². The van der Waals surface area contributed by atoms with Crippen LogP contribution in [0, 0.1) is 23.7 Å². The van der Waals surface area contributed by atoms with Crippen molar-refractivity contribution in [3.8, 4) is 28.7 Å². The van der Waals surface area contributed by atoms with Gasteiger partial charge in [0.25, 0.3) is 0 Å². The second-order valence-corrected chi connectivity index (χ2v) is 25.7. The number of aromatic nitrogens is 1.